The molecule has 0 unspecified atom stereocenters. The number of benzene rings is 1. The number of hydrogen-bond acceptors (Lipinski definition) is 5. The van der Waals surface area contributed by atoms with Crippen molar-refractivity contribution in [2.75, 3.05) is 18.2 Å². The third-order valence-corrected chi connectivity index (χ3v) is 5.99. The molecule has 1 aromatic carbocycles. The highest BCUT2D eigenvalue weighted by Crippen LogP contribution is 2.53. The smallest absolute Gasteiger partial charge is 0.234 e. The molecule has 1 aromatic rings. The summed E-state index contributed by atoms with van der Waals surface area (Å²) in [6.45, 7) is 0.604. The summed E-state index contributed by atoms with van der Waals surface area (Å²) < 4.78 is 16.9. The predicted octanol–water partition coefficient (Wildman–Crippen LogP) is 0.980. The zero-order chi connectivity index (χ0) is 17.5. The Morgan fingerprint density at radius 3 is 2.92 bits per heavy atom. The lowest BCUT2D eigenvalue weighted by atomic mass is 9.77. The van der Waals surface area contributed by atoms with Gasteiger partial charge in [0, 0.05) is 17.8 Å². The topological polar surface area (TPSA) is 77.1 Å². The van der Waals surface area contributed by atoms with Crippen molar-refractivity contribution in [1.29, 1.82) is 0 Å². The molecule has 2 saturated heterocycles. The zero-order valence-electron chi connectivity index (χ0n) is 14.0. The summed E-state index contributed by atoms with van der Waals surface area (Å²) in [4.78, 5) is 27.7. The molecule has 7 nitrogen and oxygen atoms in total. The molecule has 4 heterocycles. The molecule has 0 radical (unpaired) electrons. The Morgan fingerprint density at radius 1 is 1.23 bits per heavy atom. The molecule has 1 saturated carbocycles. The molecule has 5 aliphatic rings. The number of rotatable bonds is 3. The lowest BCUT2D eigenvalue weighted by Gasteiger charge is -2.23. The summed E-state index contributed by atoms with van der Waals surface area (Å²) >= 11 is 0. The number of amides is 2. The van der Waals surface area contributed by atoms with E-state index in [4.69, 9.17) is 14.2 Å². The maximum Gasteiger partial charge on any atom is 0.234 e. The molecular weight excluding hydrogens is 336 g/mol. The van der Waals surface area contributed by atoms with Gasteiger partial charge < -0.3 is 24.4 Å². The molecule has 7 heteroatoms. The van der Waals surface area contributed by atoms with Crippen molar-refractivity contribution in [1.82, 2.24) is 5.32 Å². The SMILES string of the molecule is O=C(NC1CC1)[C@H]1[C@H]2C=C[C@@]3(CN(c4ccc5c(c4)OCO5)C(=O)[C@@H]13)O2. The number of carbonyl (C=O) groups excluding carboxylic acids is 2. The summed E-state index contributed by atoms with van der Waals surface area (Å²) in [6.07, 6.45) is 5.64. The number of fused-ring (bicyclic) bond motifs is 2. The number of nitrogens with zero attached hydrogens (tertiary/aromatic N) is 1. The molecule has 2 bridgehead atoms. The first-order valence-electron chi connectivity index (χ1n) is 9.03. The first kappa shape index (κ1) is 14.6. The van der Waals surface area contributed by atoms with E-state index in [1.165, 1.54) is 0 Å². The Hall–Kier alpha value is -2.54. The van der Waals surface area contributed by atoms with Crippen LogP contribution in [0.4, 0.5) is 5.69 Å². The van der Waals surface area contributed by atoms with Crippen LogP contribution in [0.1, 0.15) is 12.8 Å². The molecule has 1 aliphatic carbocycles. The monoisotopic (exact) mass is 354 g/mol. The van der Waals surface area contributed by atoms with E-state index in [-0.39, 0.29) is 30.8 Å². The van der Waals surface area contributed by atoms with E-state index in [9.17, 15) is 9.59 Å². The van der Waals surface area contributed by atoms with Gasteiger partial charge in [-0.1, -0.05) is 12.2 Å². The van der Waals surface area contributed by atoms with E-state index in [2.05, 4.69) is 5.32 Å². The van der Waals surface area contributed by atoms with Crippen LogP contribution in [0.5, 0.6) is 11.5 Å². The normalized spacial score (nSPS) is 35.9. The minimum atomic E-state index is -0.705. The van der Waals surface area contributed by atoms with Crippen molar-refractivity contribution in [3.63, 3.8) is 0 Å². The number of hydrogen-bond donors (Lipinski definition) is 1. The van der Waals surface area contributed by atoms with Crippen LogP contribution in [-0.2, 0) is 14.3 Å². The van der Waals surface area contributed by atoms with E-state index in [0.717, 1.165) is 18.5 Å². The molecule has 134 valence electrons. The Balaban J connectivity index is 1.33. The van der Waals surface area contributed by atoms with Crippen LogP contribution < -0.4 is 19.7 Å². The fourth-order valence-electron chi connectivity index (χ4n) is 4.59. The molecule has 0 aromatic heterocycles. The largest absolute Gasteiger partial charge is 0.454 e. The highest BCUT2D eigenvalue weighted by atomic mass is 16.7. The van der Waals surface area contributed by atoms with E-state index >= 15 is 0 Å². The number of carbonyl (C=O) groups is 2. The van der Waals surface area contributed by atoms with Gasteiger partial charge in [0.1, 0.15) is 5.60 Å². The second-order valence-electron chi connectivity index (χ2n) is 7.64. The van der Waals surface area contributed by atoms with Gasteiger partial charge in [0.25, 0.3) is 0 Å². The van der Waals surface area contributed by atoms with Crippen LogP contribution >= 0.6 is 0 Å². The van der Waals surface area contributed by atoms with Crippen molar-refractivity contribution >= 4 is 17.5 Å². The Morgan fingerprint density at radius 2 is 2.08 bits per heavy atom. The van der Waals surface area contributed by atoms with Crippen molar-refractivity contribution in [2.24, 2.45) is 11.8 Å². The second-order valence-corrected chi connectivity index (χ2v) is 7.64. The maximum atomic E-state index is 13.2. The zero-order valence-corrected chi connectivity index (χ0v) is 14.0. The van der Waals surface area contributed by atoms with Gasteiger partial charge >= 0.3 is 0 Å². The van der Waals surface area contributed by atoms with Crippen LogP contribution in [0.15, 0.2) is 30.4 Å². The first-order chi connectivity index (χ1) is 12.6. The lowest BCUT2D eigenvalue weighted by molar-refractivity contribution is -0.132. The van der Waals surface area contributed by atoms with Crippen molar-refractivity contribution in [3.8, 4) is 11.5 Å². The average molecular weight is 354 g/mol. The van der Waals surface area contributed by atoms with Gasteiger partial charge in [-0.2, -0.15) is 0 Å². The van der Waals surface area contributed by atoms with Gasteiger partial charge in [-0.25, -0.2) is 0 Å². The van der Waals surface area contributed by atoms with Crippen molar-refractivity contribution < 1.29 is 23.8 Å². The van der Waals surface area contributed by atoms with Crippen molar-refractivity contribution in [3.05, 3.63) is 30.4 Å². The third-order valence-electron chi connectivity index (χ3n) is 5.99. The Bertz CT molecular complexity index is 863. The number of nitrogens with one attached hydrogen (secondary N) is 1. The van der Waals surface area contributed by atoms with E-state index in [0.29, 0.717) is 18.0 Å². The first-order valence-corrected chi connectivity index (χ1v) is 9.03. The second kappa shape index (κ2) is 4.79. The fraction of sp³-hybridized carbons (Fsp3) is 0.474. The van der Waals surface area contributed by atoms with Gasteiger partial charge in [0.2, 0.25) is 18.6 Å². The van der Waals surface area contributed by atoms with Crippen LogP contribution in [0.2, 0.25) is 0 Å². The van der Waals surface area contributed by atoms with Gasteiger partial charge in [-0.05, 0) is 25.0 Å². The van der Waals surface area contributed by atoms with Gasteiger partial charge in [-0.15, -0.1) is 0 Å². The lowest BCUT2D eigenvalue weighted by Crippen LogP contribution is -2.44. The van der Waals surface area contributed by atoms with E-state index < -0.39 is 17.4 Å². The summed E-state index contributed by atoms with van der Waals surface area (Å²) in [5.41, 5.74) is 0.0359. The average Bonchev–Trinajstić information content (AvgIpc) is 3.02. The van der Waals surface area contributed by atoms with E-state index in [1.807, 2.05) is 30.4 Å². The molecule has 26 heavy (non-hydrogen) atoms. The molecule has 2 amide bonds. The minimum Gasteiger partial charge on any atom is -0.454 e. The van der Waals surface area contributed by atoms with Crippen LogP contribution in [-0.4, -0.2) is 42.9 Å². The standard InChI is InChI=1S/C19H18N2O5/c22-17(20-10-1-2-10)15-13-5-6-19(26-13)8-21(18(23)16(15)19)11-3-4-12-14(7-11)25-9-24-12/h3-7,10,13,15-16H,1-2,8-9H2,(H,20,22)/t13-,15+,16-,19+/m1/s1. The van der Waals surface area contributed by atoms with Gasteiger partial charge in [0.05, 0.1) is 24.5 Å². The molecule has 4 aliphatic heterocycles. The maximum absolute atomic E-state index is 13.2. The summed E-state index contributed by atoms with van der Waals surface area (Å²) in [6, 6.07) is 5.73. The quantitative estimate of drug-likeness (QED) is 0.819. The molecule has 4 atom stereocenters. The Kier molecular flexibility index (Phi) is 2.69. The highest BCUT2D eigenvalue weighted by molar-refractivity contribution is 6.03. The minimum absolute atomic E-state index is 0.0605. The van der Waals surface area contributed by atoms with Gasteiger partial charge in [-0.3, -0.25) is 9.59 Å². The fourth-order valence-corrected chi connectivity index (χ4v) is 4.59. The Labute approximate surface area is 149 Å². The summed E-state index contributed by atoms with van der Waals surface area (Å²) in [5, 5.41) is 3.04. The van der Waals surface area contributed by atoms with E-state index in [1.54, 1.807) is 4.90 Å². The number of ether oxygens (including phenoxy) is 3. The van der Waals surface area contributed by atoms with Crippen LogP contribution in [0.3, 0.4) is 0 Å². The highest BCUT2D eigenvalue weighted by Gasteiger charge is 2.67. The summed E-state index contributed by atoms with van der Waals surface area (Å²) in [7, 11) is 0. The van der Waals surface area contributed by atoms with Crippen LogP contribution in [0, 0.1) is 11.8 Å². The van der Waals surface area contributed by atoms with Gasteiger partial charge in [0.15, 0.2) is 11.5 Å². The predicted molar refractivity (Wildman–Crippen MR) is 89.8 cm³/mol. The number of anilines is 1. The molecular formula is C19H18N2O5. The molecule has 6 rings (SSSR count). The molecule has 1 spiro atoms. The van der Waals surface area contributed by atoms with Crippen molar-refractivity contribution in [2.45, 2.75) is 30.6 Å². The molecule has 3 fully saturated rings. The third kappa shape index (κ3) is 1.86. The molecule has 1 N–H and O–H groups in total. The van der Waals surface area contributed by atoms with Crippen LogP contribution in [0.25, 0.3) is 0 Å². The summed E-state index contributed by atoms with van der Waals surface area (Å²) in [5.74, 6) is 0.265.